The first-order chi connectivity index (χ1) is 6.34. The van der Waals surface area contributed by atoms with Crippen LogP contribution in [0.3, 0.4) is 0 Å². The van der Waals surface area contributed by atoms with Gasteiger partial charge < -0.3 is 10.1 Å². The van der Waals surface area contributed by atoms with E-state index in [4.69, 9.17) is 4.74 Å². The van der Waals surface area contributed by atoms with E-state index in [1.807, 2.05) is 24.3 Å². The summed E-state index contributed by atoms with van der Waals surface area (Å²) in [6.07, 6.45) is 0. The molecule has 0 unspecified atom stereocenters. The molecule has 0 aliphatic rings. The summed E-state index contributed by atoms with van der Waals surface area (Å²) in [5, 5.41) is 3.20. The topological polar surface area (TPSA) is 21.3 Å². The van der Waals surface area contributed by atoms with E-state index >= 15 is 0 Å². The van der Waals surface area contributed by atoms with Gasteiger partial charge in [0.1, 0.15) is 12.4 Å². The average molecular weight is 244 g/mol. The van der Waals surface area contributed by atoms with Crippen LogP contribution in [0.5, 0.6) is 5.75 Å². The second-order valence-corrected chi connectivity index (χ2v) is 3.49. The van der Waals surface area contributed by atoms with E-state index in [1.54, 1.807) is 0 Å². The molecule has 0 bridgehead atoms. The maximum Gasteiger partial charge on any atom is 0.133 e. The van der Waals surface area contributed by atoms with Crippen LogP contribution in [-0.2, 0) is 0 Å². The van der Waals surface area contributed by atoms with Crippen LogP contribution in [0.25, 0.3) is 0 Å². The van der Waals surface area contributed by atoms with Gasteiger partial charge in [-0.25, -0.2) is 0 Å². The third-order valence-electron chi connectivity index (χ3n) is 1.62. The van der Waals surface area contributed by atoms with Gasteiger partial charge in [-0.3, -0.25) is 0 Å². The van der Waals surface area contributed by atoms with Crippen LogP contribution in [0.2, 0.25) is 0 Å². The summed E-state index contributed by atoms with van der Waals surface area (Å²) in [7, 11) is 0. The minimum absolute atomic E-state index is 0.705. The van der Waals surface area contributed by atoms with E-state index < -0.39 is 0 Å². The van der Waals surface area contributed by atoms with Crippen LogP contribution in [0, 0.1) is 0 Å². The van der Waals surface area contributed by atoms with Crippen LogP contribution in [0.15, 0.2) is 28.7 Å². The molecule has 0 aromatic heterocycles. The minimum Gasteiger partial charge on any atom is -0.491 e. The molecule has 0 atom stereocenters. The van der Waals surface area contributed by atoms with Crippen LogP contribution in [-0.4, -0.2) is 19.7 Å². The minimum atomic E-state index is 0.705. The Labute approximate surface area is 87.4 Å². The molecule has 0 saturated carbocycles. The van der Waals surface area contributed by atoms with Gasteiger partial charge in [0.05, 0.1) is 4.47 Å². The predicted octanol–water partition coefficient (Wildman–Crippen LogP) is 2.44. The highest BCUT2D eigenvalue weighted by Gasteiger charge is 1.97. The Kier molecular flexibility index (Phi) is 4.86. The molecule has 3 heteroatoms. The van der Waals surface area contributed by atoms with Gasteiger partial charge in [-0.2, -0.15) is 0 Å². The monoisotopic (exact) mass is 243 g/mol. The Hall–Kier alpha value is -0.540. The van der Waals surface area contributed by atoms with Crippen molar-refractivity contribution in [1.82, 2.24) is 5.32 Å². The molecule has 1 aromatic rings. The number of halogens is 1. The number of nitrogens with one attached hydrogen (secondary N) is 1. The summed E-state index contributed by atoms with van der Waals surface area (Å²) in [6, 6.07) is 7.87. The molecule has 0 heterocycles. The van der Waals surface area contributed by atoms with Crippen molar-refractivity contribution in [3.05, 3.63) is 28.7 Å². The number of rotatable bonds is 5. The van der Waals surface area contributed by atoms with Crippen molar-refractivity contribution < 1.29 is 4.74 Å². The number of likely N-dealkylation sites (N-methyl/N-ethyl adjacent to an activating group) is 1. The molecule has 72 valence electrons. The van der Waals surface area contributed by atoms with Gasteiger partial charge in [-0.1, -0.05) is 19.1 Å². The van der Waals surface area contributed by atoms with Crippen LogP contribution in [0.4, 0.5) is 0 Å². The summed E-state index contributed by atoms with van der Waals surface area (Å²) in [4.78, 5) is 0. The molecule has 0 fully saturated rings. The van der Waals surface area contributed by atoms with E-state index in [0.29, 0.717) is 6.61 Å². The van der Waals surface area contributed by atoms with Crippen molar-refractivity contribution in [2.75, 3.05) is 19.7 Å². The highest BCUT2D eigenvalue weighted by atomic mass is 79.9. The second-order valence-electron chi connectivity index (χ2n) is 2.63. The van der Waals surface area contributed by atoms with E-state index in [0.717, 1.165) is 23.3 Å². The highest BCUT2D eigenvalue weighted by molar-refractivity contribution is 9.10. The zero-order valence-electron chi connectivity index (χ0n) is 7.72. The van der Waals surface area contributed by atoms with Crippen molar-refractivity contribution >= 4 is 15.9 Å². The molecule has 13 heavy (non-hydrogen) atoms. The Morgan fingerprint density at radius 2 is 2.15 bits per heavy atom. The van der Waals surface area contributed by atoms with Gasteiger partial charge in [0.2, 0.25) is 0 Å². The summed E-state index contributed by atoms with van der Waals surface area (Å²) in [5.74, 6) is 0.903. The van der Waals surface area contributed by atoms with Gasteiger partial charge in [-0.05, 0) is 34.6 Å². The Morgan fingerprint density at radius 1 is 1.38 bits per heavy atom. The molecule has 0 radical (unpaired) electrons. The SMILES string of the molecule is CCNCCOc1ccccc1Br. The molecule has 0 aliphatic heterocycles. The summed E-state index contributed by atoms with van der Waals surface area (Å²) >= 11 is 3.42. The molecule has 1 rings (SSSR count). The lowest BCUT2D eigenvalue weighted by Crippen LogP contribution is -2.20. The first-order valence-corrected chi connectivity index (χ1v) is 5.22. The Morgan fingerprint density at radius 3 is 2.85 bits per heavy atom. The van der Waals surface area contributed by atoms with Crippen LogP contribution in [0.1, 0.15) is 6.92 Å². The fraction of sp³-hybridized carbons (Fsp3) is 0.400. The lowest BCUT2D eigenvalue weighted by molar-refractivity contribution is 0.313. The lowest BCUT2D eigenvalue weighted by atomic mass is 10.3. The van der Waals surface area contributed by atoms with E-state index in [9.17, 15) is 0 Å². The van der Waals surface area contributed by atoms with Gasteiger partial charge in [0.25, 0.3) is 0 Å². The van der Waals surface area contributed by atoms with Gasteiger partial charge in [0.15, 0.2) is 0 Å². The zero-order chi connectivity index (χ0) is 9.52. The first-order valence-electron chi connectivity index (χ1n) is 4.42. The molecule has 1 N–H and O–H groups in total. The zero-order valence-corrected chi connectivity index (χ0v) is 9.30. The quantitative estimate of drug-likeness (QED) is 0.803. The molecular formula is C10H14BrNO. The van der Waals surface area contributed by atoms with Crippen molar-refractivity contribution in [1.29, 1.82) is 0 Å². The van der Waals surface area contributed by atoms with Crippen molar-refractivity contribution in [2.45, 2.75) is 6.92 Å². The third-order valence-corrected chi connectivity index (χ3v) is 2.28. The molecule has 0 amide bonds. The maximum absolute atomic E-state index is 5.53. The first kappa shape index (κ1) is 10.5. The normalized spacial score (nSPS) is 10.0. The van der Waals surface area contributed by atoms with E-state index in [-0.39, 0.29) is 0 Å². The van der Waals surface area contributed by atoms with Gasteiger partial charge in [-0.15, -0.1) is 0 Å². The van der Waals surface area contributed by atoms with Gasteiger partial charge >= 0.3 is 0 Å². The largest absolute Gasteiger partial charge is 0.491 e. The fourth-order valence-corrected chi connectivity index (χ4v) is 1.37. The third kappa shape index (κ3) is 3.79. The number of para-hydroxylation sites is 1. The maximum atomic E-state index is 5.53. The molecule has 2 nitrogen and oxygen atoms in total. The van der Waals surface area contributed by atoms with Crippen molar-refractivity contribution in [3.63, 3.8) is 0 Å². The number of hydrogen-bond acceptors (Lipinski definition) is 2. The summed E-state index contributed by atoms with van der Waals surface area (Å²) in [6.45, 7) is 4.66. The standard InChI is InChI=1S/C10H14BrNO/c1-2-12-7-8-13-10-6-4-3-5-9(10)11/h3-6,12H,2,7-8H2,1H3. The molecular weight excluding hydrogens is 230 g/mol. The van der Waals surface area contributed by atoms with Crippen molar-refractivity contribution in [3.8, 4) is 5.75 Å². The molecule has 1 aromatic carbocycles. The van der Waals surface area contributed by atoms with E-state index in [1.165, 1.54) is 0 Å². The van der Waals surface area contributed by atoms with Crippen LogP contribution < -0.4 is 10.1 Å². The Balaban J connectivity index is 2.32. The van der Waals surface area contributed by atoms with Crippen molar-refractivity contribution in [2.24, 2.45) is 0 Å². The number of hydrogen-bond donors (Lipinski definition) is 1. The molecule has 0 spiro atoms. The van der Waals surface area contributed by atoms with E-state index in [2.05, 4.69) is 28.2 Å². The summed E-state index contributed by atoms with van der Waals surface area (Å²) < 4.78 is 6.54. The second kappa shape index (κ2) is 6.00. The number of benzene rings is 1. The Bertz CT molecular complexity index is 252. The van der Waals surface area contributed by atoms with Gasteiger partial charge in [0, 0.05) is 6.54 Å². The highest BCUT2D eigenvalue weighted by Crippen LogP contribution is 2.23. The molecule has 0 saturated heterocycles. The lowest BCUT2D eigenvalue weighted by Gasteiger charge is -2.07. The molecule has 0 aliphatic carbocycles. The summed E-state index contributed by atoms with van der Waals surface area (Å²) in [5.41, 5.74) is 0. The average Bonchev–Trinajstić information content (AvgIpc) is 2.15. The smallest absolute Gasteiger partial charge is 0.133 e. The predicted molar refractivity (Wildman–Crippen MR) is 58.2 cm³/mol. The number of ether oxygens (including phenoxy) is 1. The van der Waals surface area contributed by atoms with Crippen LogP contribution >= 0.6 is 15.9 Å². The fourth-order valence-electron chi connectivity index (χ4n) is 0.972.